The highest BCUT2D eigenvalue weighted by Crippen LogP contribution is 2.03. The average molecular weight is 277 g/mol. The summed E-state index contributed by atoms with van der Waals surface area (Å²) in [5, 5.41) is 11.3. The van der Waals surface area contributed by atoms with Crippen molar-refractivity contribution in [1.82, 2.24) is 5.32 Å². The fourth-order valence-electron chi connectivity index (χ4n) is 1.56. The summed E-state index contributed by atoms with van der Waals surface area (Å²) < 4.78 is 4.72. The second-order valence-electron chi connectivity index (χ2n) is 4.22. The Hall–Kier alpha value is -2.14. The van der Waals surface area contributed by atoms with Gasteiger partial charge in [0.25, 0.3) is 0 Å². The van der Waals surface area contributed by atoms with Gasteiger partial charge in [0.05, 0.1) is 6.54 Å². The number of carboxylic acid groups (broad SMARTS) is 1. The molecule has 0 aliphatic carbocycles. The van der Waals surface area contributed by atoms with Gasteiger partial charge in [-0.15, -0.1) is 0 Å². The highest BCUT2D eigenvalue weighted by Gasteiger charge is 2.16. The number of aliphatic carboxylic acids is 1. The number of carboxylic acids is 1. The van der Waals surface area contributed by atoms with E-state index in [0.29, 0.717) is 12.8 Å². The van der Waals surface area contributed by atoms with Crippen LogP contribution in [0.3, 0.4) is 0 Å². The van der Waals surface area contributed by atoms with Crippen molar-refractivity contribution in [3.05, 3.63) is 42.0 Å². The molecule has 0 aliphatic rings. The number of rotatable bonds is 8. The minimum atomic E-state index is -1.09. The molecule has 1 aromatic carbocycles. The number of hydrogen-bond acceptors (Lipinski definition) is 3. The van der Waals surface area contributed by atoms with Crippen molar-refractivity contribution in [2.45, 2.75) is 18.9 Å². The number of carbonyl (C=O) groups is 2. The third-order valence-corrected chi connectivity index (χ3v) is 2.69. The van der Waals surface area contributed by atoms with Crippen LogP contribution >= 0.6 is 0 Å². The molecular formula is C15H19NO4. The van der Waals surface area contributed by atoms with Gasteiger partial charge in [-0.2, -0.15) is 0 Å². The summed E-state index contributed by atoms with van der Waals surface area (Å²) in [4.78, 5) is 22.2. The fraction of sp³-hybridized carbons (Fsp3) is 0.333. The SMILES string of the molecule is COC(CNC(=O)CC/C=C/c1ccccc1)C(=O)O. The van der Waals surface area contributed by atoms with Crippen LogP contribution in [0.2, 0.25) is 0 Å². The minimum Gasteiger partial charge on any atom is -0.479 e. The maximum atomic E-state index is 11.5. The average Bonchev–Trinajstić information content (AvgIpc) is 2.45. The Bertz CT molecular complexity index is 456. The lowest BCUT2D eigenvalue weighted by atomic mass is 10.2. The van der Waals surface area contributed by atoms with E-state index in [1.807, 2.05) is 42.5 Å². The van der Waals surface area contributed by atoms with E-state index < -0.39 is 12.1 Å². The van der Waals surface area contributed by atoms with Gasteiger partial charge in [-0.3, -0.25) is 4.79 Å². The molecule has 1 aromatic rings. The van der Waals surface area contributed by atoms with Crippen molar-refractivity contribution in [2.24, 2.45) is 0 Å². The van der Waals surface area contributed by atoms with Crippen molar-refractivity contribution >= 4 is 18.0 Å². The van der Waals surface area contributed by atoms with Gasteiger partial charge < -0.3 is 15.2 Å². The molecule has 1 amide bonds. The Balaban J connectivity index is 2.23. The molecule has 0 aromatic heterocycles. The number of ether oxygens (including phenoxy) is 1. The van der Waals surface area contributed by atoms with E-state index in [0.717, 1.165) is 5.56 Å². The summed E-state index contributed by atoms with van der Waals surface area (Å²) in [5.41, 5.74) is 1.08. The van der Waals surface area contributed by atoms with Crippen LogP contribution in [0.4, 0.5) is 0 Å². The molecule has 0 heterocycles. The summed E-state index contributed by atoms with van der Waals surface area (Å²) >= 11 is 0. The molecule has 0 aliphatic heterocycles. The number of nitrogens with one attached hydrogen (secondary N) is 1. The van der Waals surface area contributed by atoms with Crippen LogP contribution in [-0.2, 0) is 14.3 Å². The van der Waals surface area contributed by atoms with Crippen LogP contribution in [0.1, 0.15) is 18.4 Å². The van der Waals surface area contributed by atoms with Gasteiger partial charge in [0.2, 0.25) is 5.91 Å². The summed E-state index contributed by atoms with van der Waals surface area (Å²) in [7, 11) is 1.30. The van der Waals surface area contributed by atoms with Crippen LogP contribution in [0, 0.1) is 0 Å². The van der Waals surface area contributed by atoms with Gasteiger partial charge >= 0.3 is 5.97 Å². The molecule has 1 unspecified atom stereocenters. The van der Waals surface area contributed by atoms with Gasteiger partial charge in [-0.25, -0.2) is 4.79 Å². The second-order valence-corrected chi connectivity index (χ2v) is 4.22. The summed E-state index contributed by atoms with van der Waals surface area (Å²) in [6.07, 6.45) is 3.78. The third-order valence-electron chi connectivity index (χ3n) is 2.69. The van der Waals surface area contributed by atoms with Crippen LogP contribution in [0.15, 0.2) is 36.4 Å². The molecule has 0 saturated carbocycles. The zero-order chi connectivity index (χ0) is 14.8. The number of amides is 1. The van der Waals surface area contributed by atoms with E-state index >= 15 is 0 Å². The van der Waals surface area contributed by atoms with Gasteiger partial charge in [-0.05, 0) is 12.0 Å². The molecule has 108 valence electrons. The van der Waals surface area contributed by atoms with Crippen molar-refractivity contribution in [1.29, 1.82) is 0 Å². The van der Waals surface area contributed by atoms with Crippen molar-refractivity contribution in [3.8, 4) is 0 Å². The minimum absolute atomic E-state index is 0.0208. The van der Waals surface area contributed by atoms with E-state index in [-0.39, 0.29) is 12.5 Å². The Kier molecular flexibility index (Phi) is 7.06. The van der Waals surface area contributed by atoms with Gasteiger partial charge in [0, 0.05) is 13.5 Å². The lowest BCUT2D eigenvalue weighted by molar-refractivity contribution is -0.148. The largest absolute Gasteiger partial charge is 0.479 e. The molecule has 0 bridgehead atoms. The second kappa shape index (κ2) is 8.87. The van der Waals surface area contributed by atoms with Crippen molar-refractivity contribution < 1.29 is 19.4 Å². The van der Waals surface area contributed by atoms with Crippen LogP contribution in [0.25, 0.3) is 6.08 Å². The van der Waals surface area contributed by atoms with Crippen LogP contribution in [0.5, 0.6) is 0 Å². The quantitative estimate of drug-likeness (QED) is 0.758. The Labute approximate surface area is 118 Å². The lowest BCUT2D eigenvalue weighted by Gasteiger charge is -2.10. The van der Waals surface area contributed by atoms with Crippen LogP contribution < -0.4 is 5.32 Å². The van der Waals surface area contributed by atoms with Gasteiger partial charge in [0.15, 0.2) is 6.10 Å². The first-order chi connectivity index (χ1) is 9.63. The number of allylic oxidation sites excluding steroid dienone is 1. The van der Waals surface area contributed by atoms with E-state index in [1.165, 1.54) is 7.11 Å². The highest BCUT2D eigenvalue weighted by molar-refractivity contribution is 5.78. The standard InChI is InChI=1S/C15H19NO4/c1-20-13(15(18)19)11-16-14(17)10-6-5-9-12-7-3-2-4-8-12/h2-5,7-9,13H,6,10-11H2,1H3,(H,16,17)(H,18,19)/b9-5+. The molecule has 20 heavy (non-hydrogen) atoms. The van der Waals surface area contributed by atoms with E-state index in [1.54, 1.807) is 0 Å². The Morgan fingerprint density at radius 3 is 2.65 bits per heavy atom. The summed E-state index contributed by atoms with van der Waals surface area (Å²) in [5.74, 6) is -1.28. The zero-order valence-electron chi connectivity index (χ0n) is 11.4. The topological polar surface area (TPSA) is 75.6 Å². The smallest absolute Gasteiger partial charge is 0.334 e. The normalized spacial score (nSPS) is 12.2. The molecule has 5 nitrogen and oxygen atoms in total. The van der Waals surface area contributed by atoms with E-state index in [9.17, 15) is 9.59 Å². The first kappa shape index (κ1) is 15.9. The molecule has 5 heteroatoms. The summed E-state index contributed by atoms with van der Waals surface area (Å²) in [6, 6.07) is 9.80. The molecule has 0 spiro atoms. The van der Waals surface area contributed by atoms with E-state index in [2.05, 4.69) is 5.32 Å². The third kappa shape index (κ3) is 6.15. The predicted octanol–water partition coefficient (Wildman–Crippen LogP) is 1.70. The molecule has 1 rings (SSSR count). The molecule has 0 saturated heterocycles. The number of hydrogen-bond donors (Lipinski definition) is 2. The highest BCUT2D eigenvalue weighted by atomic mass is 16.5. The molecule has 0 fully saturated rings. The predicted molar refractivity (Wildman–Crippen MR) is 76.2 cm³/mol. The first-order valence-electron chi connectivity index (χ1n) is 6.37. The Morgan fingerprint density at radius 2 is 2.05 bits per heavy atom. The molecule has 0 radical (unpaired) electrons. The lowest BCUT2D eigenvalue weighted by Crippen LogP contribution is -2.37. The van der Waals surface area contributed by atoms with Crippen LogP contribution in [-0.4, -0.2) is 36.7 Å². The monoisotopic (exact) mass is 277 g/mol. The zero-order valence-corrected chi connectivity index (χ0v) is 11.4. The van der Waals surface area contributed by atoms with Gasteiger partial charge in [-0.1, -0.05) is 42.5 Å². The first-order valence-corrected chi connectivity index (χ1v) is 6.37. The van der Waals surface area contributed by atoms with E-state index in [4.69, 9.17) is 9.84 Å². The van der Waals surface area contributed by atoms with Crippen molar-refractivity contribution in [3.63, 3.8) is 0 Å². The number of methoxy groups -OCH3 is 1. The number of carbonyl (C=O) groups excluding carboxylic acids is 1. The molecular weight excluding hydrogens is 258 g/mol. The molecule has 2 N–H and O–H groups in total. The fourth-order valence-corrected chi connectivity index (χ4v) is 1.56. The molecule has 1 atom stereocenters. The maximum Gasteiger partial charge on any atom is 0.334 e. The van der Waals surface area contributed by atoms with Gasteiger partial charge in [0.1, 0.15) is 0 Å². The Morgan fingerprint density at radius 1 is 1.35 bits per heavy atom. The van der Waals surface area contributed by atoms with Crippen molar-refractivity contribution in [2.75, 3.05) is 13.7 Å². The maximum absolute atomic E-state index is 11.5. The summed E-state index contributed by atoms with van der Waals surface area (Å²) in [6.45, 7) is -0.0208. The number of benzene rings is 1.